The minimum atomic E-state index is -0.979. The largest absolute Gasteiger partial charge is 0.494 e. The topological polar surface area (TPSA) is 49.8 Å². The minimum Gasteiger partial charge on any atom is -0.494 e. The number of nitrogens with zero attached hydrogens (tertiary/aromatic N) is 1. The summed E-state index contributed by atoms with van der Waals surface area (Å²) in [6.45, 7) is 2.61. The molecule has 1 N–H and O–H groups in total. The highest BCUT2D eigenvalue weighted by Crippen LogP contribution is 2.34. The molecule has 1 heterocycles. The van der Waals surface area contributed by atoms with Crippen LogP contribution >= 0.6 is 0 Å². The van der Waals surface area contributed by atoms with Crippen molar-refractivity contribution in [1.29, 1.82) is 0 Å². The molecular formula is C22H28FNO3S. The number of piperidine rings is 1. The smallest absolute Gasteiger partial charge is 0.123 e. The molecule has 0 radical (unpaired) electrons. The zero-order valence-corrected chi connectivity index (χ0v) is 17.0. The van der Waals surface area contributed by atoms with Gasteiger partial charge in [0.05, 0.1) is 6.61 Å². The average Bonchev–Trinajstić information content (AvgIpc) is 2.72. The molecule has 6 heteroatoms. The van der Waals surface area contributed by atoms with E-state index < -0.39 is 10.8 Å². The maximum absolute atomic E-state index is 13.3. The SMILES string of the molecule is CS(=O)c1ccc(OCCCN2CCC(CO)CC2c2ccc(F)cc2)cc1. The monoisotopic (exact) mass is 405 g/mol. The zero-order chi connectivity index (χ0) is 19.9. The molecule has 0 bridgehead atoms. The number of benzene rings is 2. The second kappa shape index (κ2) is 10.1. The highest BCUT2D eigenvalue weighted by atomic mass is 32.2. The molecule has 2 aromatic carbocycles. The van der Waals surface area contributed by atoms with E-state index in [9.17, 15) is 13.7 Å². The van der Waals surface area contributed by atoms with E-state index in [1.54, 1.807) is 6.26 Å². The summed E-state index contributed by atoms with van der Waals surface area (Å²) < 4.78 is 30.5. The van der Waals surface area contributed by atoms with Crippen molar-refractivity contribution in [3.8, 4) is 5.75 Å². The Labute approximate surface area is 168 Å². The van der Waals surface area contributed by atoms with Gasteiger partial charge in [-0.15, -0.1) is 0 Å². The van der Waals surface area contributed by atoms with Crippen LogP contribution in [0, 0.1) is 11.7 Å². The molecule has 152 valence electrons. The van der Waals surface area contributed by atoms with Crippen molar-refractivity contribution >= 4 is 10.8 Å². The van der Waals surface area contributed by atoms with Gasteiger partial charge in [0.25, 0.3) is 0 Å². The summed E-state index contributed by atoms with van der Waals surface area (Å²) in [4.78, 5) is 3.20. The van der Waals surface area contributed by atoms with E-state index >= 15 is 0 Å². The molecule has 1 aliphatic rings. The van der Waals surface area contributed by atoms with Crippen molar-refractivity contribution in [2.24, 2.45) is 5.92 Å². The first-order chi connectivity index (χ1) is 13.6. The predicted molar refractivity (Wildman–Crippen MR) is 109 cm³/mol. The Balaban J connectivity index is 1.53. The molecule has 1 fully saturated rings. The number of likely N-dealkylation sites (tertiary alicyclic amines) is 1. The molecule has 0 amide bonds. The van der Waals surface area contributed by atoms with Crippen LogP contribution in [-0.4, -0.2) is 46.8 Å². The second-order valence-electron chi connectivity index (χ2n) is 7.30. The first kappa shape index (κ1) is 21.0. The van der Waals surface area contributed by atoms with Crippen molar-refractivity contribution in [3.05, 3.63) is 59.9 Å². The summed E-state index contributed by atoms with van der Waals surface area (Å²) in [5.41, 5.74) is 1.10. The van der Waals surface area contributed by atoms with Gasteiger partial charge in [0.15, 0.2) is 0 Å². The van der Waals surface area contributed by atoms with Crippen LogP contribution in [0.3, 0.4) is 0 Å². The number of aliphatic hydroxyl groups excluding tert-OH is 1. The normalized spacial score (nSPS) is 21.4. The molecule has 0 saturated carbocycles. The summed E-state index contributed by atoms with van der Waals surface area (Å²) in [6.07, 6.45) is 4.40. The molecule has 3 unspecified atom stereocenters. The number of halogens is 1. The van der Waals surface area contributed by atoms with Gasteiger partial charge in [-0.05, 0) is 73.7 Å². The minimum absolute atomic E-state index is 0.199. The van der Waals surface area contributed by atoms with Crippen molar-refractivity contribution in [3.63, 3.8) is 0 Å². The summed E-state index contributed by atoms with van der Waals surface area (Å²) >= 11 is 0. The van der Waals surface area contributed by atoms with E-state index in [0.29, 0.717) is 12.5 Å². The maximum atomic E-state index is 13.3. The van der Waals surface area contributed by atoms with Crippen molar-refractivity contribution in [2.75, 3.05) is 32.6 Å². The van der Waals surface area contributed by atoms with Crippen molar-refractivity contribution in [1.82, 2.24) is 4.90 Å². The van der Waals surface area contributed by atoms with E-state index in [2.05, 4.69) is 4.90 Å². The molecule has 0 spiro atoms. The fraction of sp³-hybridized carbons (Fsp3) is 0.455. The number of ether oxygens (including phenoxy) is 1. The van der Waals surface area contributed by atoms with Gasteiger partial charge in [-0.2, -0.15) is 0 Å². The highest BCUT2D eigenvalue weighted by molar-refractivity contribution is 7.84. The van der Waals surface area contributed by atoms with Gasteiger partial charge in [-0.3, -0.25) is 9.11 Å². The summed E-state index contributed by atoms with van der Waals surface area (Å²) in [6, 6.07) is 14.3. The van der Waals surface area contributed by atoms with Crippen molar-refractivity contribution < 1.29 is 18.4 Å². The molecule has 2 aromatic rings. The molecule has 1 saturated heterocycles. The standard InChI is InChI=1S/C22H28FNO3S/c1-28(26)21-9-7-20(8-10-21)27-14-2-12-24-13-11-17(16-25)15-22(24)18-3-5-19(23)6-4-18/h3-10,17,22,25H,2,11-16H2,1H3. The van der Waals surface area contributed by atoms with Crippen LogP contribution in [0.4, 0.5) is 4.39 Å². The third-order valence-electron chi connectivity index (χ3n) is 5.35. The Morgan fingerprint density at radius 2 is 1.89 bits per heavy atom. The predicted octanol–water partition coefficient (Wildman–Crippen LogP) is 3.78. The van der Waals surface area contributed by atoms with Gasteiger partial charge in [0, 0.05) is 41.1 Å². The Morgan fingerprint density at radius 1 is 1.18 bits per heavy atom. The van der Waals surface area contributed by atoms with Crippen LogP contribution in [0.1, 0.15) is 30.9 Å². The van der Waals surface area contributed by atoms with Crippen LogP contribution in [0.5, 0.6) is 5.75 Å². The Morgan fingerprint density at radius 3 is 2.54 bits per heavy atom. The third kappa shape index (κ3) is 5.63. The Hall–Kier alpha value is -1.76. The van der Waals surface area contributed by atoms with E-state index in [1.807, 2.05) is 36.4 Å². The second-order valence-corrected chi connectivity index (χ2v) is 8.68. The molecular weight excluding hydrogens is 377 g/mol. The molecule has 28 heavy (non-hydrogen) atoms. The molecule has 0 aromatic heterocycles. The summed E-state index contributed by atoms with van der Waals surface area (Å²) in [5.74, 6) is 0.851. The van der Waals surface area contributed by atoms with E-state index in [0.717, 1.165) is 48.6 Å². The number of hydrogen-bond acceptors (Lipinski definition) is 4. The van der Waals surface area contributed by atoms with Gasteiger partial charge in [0.1, 0.15) is 11.6 Å². The maximum Gasteiger partial charge on any atom is 0.123 e. The lowest BCUT2D eigenvalue weighted by molar-refractivity contribution is 0.0760. The van der Waals surface area contributed by atoms with Crippen LogP contribution in [0.15, 0.2) is 53.4 Å². The Kier molecular flexibility index (Phi) is 7.59. The fourth-order valence-corrected chi connectivity index (χ4v) is 4.26. The first-order valence-electron chi connectivity index (χ1n) is 9.73. The van der Waals surface area contributed by atoms with E-state index in [-0.39, 0.29) is 18.5 Å². The lowest BCUT2D eigenvalue weighted by atomic mass is 9.87. The first-order valence-corrected chi connectivity index (χ1v) is 11.3. The average molecular weight is 406 g/mol. The van der Waals surface area contributed by atoms with Crippen LogP contribution in [0.2, 0.25) is 0 Å². The Bertz CT molecular complexity index is 766. The van der Waals surface area contributed by atoms with Crippen molar-refractivity contribution in [2.45, 2.75) is 30.2 Å². The molecule has 3 atom stereocenters. The van der Waals surface area contributed by atoms with Gasteiger partial charge in [-0.1, -0.05) is 12.1 Å². The van der Waals surface area contributed by atoms with Gasteiger partial charge >= 0.3 is 0 Å². The van der Waals surface area contributed by atoms with Crippen LogP contribution < -0.4 is 4.74 Å². The highest BCUT2D eigenvalue weighted by Gasteiger charge is 2.28. The third-order valence-corrected chi connectivity index (χ3v) is 6.28. The fourth-order valence-electron chi connectivity index (χ4n) is 3.74. The van der Waals surface area contributed by atoms with Crippen LogP contribution in [0.25, 0.3) is 0 Å². The lowest BCUT2D eigenvalue weighted by Gasteiger charge is -2.39. The quantitative estimate of drug-likeness (QED) is 0.679. The zero-order valence-electron chi connectivity index (χ0n) is 16.2. The molecule has 3 rings (SSSR count). The summed E-state index contributed by atoms with van der Waals surface area (Å²) in [5, 5.41) is 9.56. The lowest BCUT2D eigenvalue weighted by Crippen LogP contribution is -2.38. The van der Waals surface area contributed by atoms with Gasteiger partial charge < -0.3 is 9.84 Å². The van der Waals surface area contributed by atoms with Crippen LogP contribution in [-0.2, 0) is 10.8 Å². The number of hydrogen-bond donors (Lipinski definition) is 1. The van der Waals surface area contributed by atoms with E-state index in [1.165, 1.54) is 12.1 Å². The number of aliphatic hydroxyl groups is 1. The van der Waals surface area contributed by atoms with Gasteiger partial charge in [0.2, 0.25) is 0 Å². The molecule has 4 nitrogen and oxygen atoms in total. The van der Waals surface area contributed by atoms with E-state index in [4.69, 9.17) is 4.74 Å². The number of rotatable bonds is 8. The molecule has 1 aliphatic heterocycles. The molecule has 0 aliphatic carbocycles. The van der Waals surface area contributed by atoms with Gasteiger partial charge in [-0.25, -0.2) is 4.39 Å². The summed E-state index contributed by atoms with van der Waals surface area (Å²) in [7, 11) is -0.979.